The second-order valence-electron chi connectivity index (χ2n) is 2.66. The molecule has 0 atom stereocenters. The van der Waals surface area contributed by atoms with Gasteiger partial charge in [-0.05, 0) is 16.0 Å². The summed E-state index contributed by atoms with van der Waals surface area (Å²) < 4.78 is 4.43. The lowest BCUT2D eigenvalue weighted by Gasteiger charge is -1.99. The highest BCUT2D eigenvalue weighted by Gasteiger charge is 2.15. The van der Waals surface area contributed by atoms with Gasteiger partial charge in [-0.25, -0.2) is 0 Å². The standard InChI is InChI=1S/C8H7ClN2O4/c1-15-7(12)3-5-2-6(9)8(10-4-5)11(13)14/h2,4H,3H2,1H3. The van der Waals surface area contributed by atoms with Gasteiger partial charge in [0.1, 0.15) is 11.2 Å². The zero-order valence-corrected chi connectivity index (χ0v) is 8.52. The van der Waals surface area contributed by atoms with Gasteiger partial charge in [-0.3, -0.25) is 4.79 Å². The van der Waals surface area contributed by atoms with Crippen LogP contribution in [0.3, 0.4) is 0 Å². The van der Waals surface area contributed by atoms with Crippen molar-refractivity contribution in [3.05, 3.63) is 33.0 Å². The van der Waals surface area contributed by atoms with Gasteiger partial charge >= 0.3 is 11.8 Å². The van der Waals surface area contributed by atoms with Crippen LogP contribution in [-0.2, 0) is 16.0 Å². The summed E-state index contributed by atoms with van der Waals surface area (Å²) in [5.74, 6) is -0.882. The average Bonchev–Trinajstić information content (AvgIpc) is 2.17. The van der Waals surface area contributed by atoms with Crippen LogP contribution in [0.25, 0.3) is 0 Å². The Morgan fingerprint density at radius 2 is 2.40 bits per heavy atom. The van der Waals surface area contributed by atoms with E-state index in [4.69, 9.17) is 11.6 Å². The van der Waals surface area contributed by atoms with E-state index >= 15 is 0 Å². The highest BCUT2D eigenvalue weighted by molar-refractivity contribution is 6.32. The van der Waals surface area contributed by atoms with Crippen LogP contribution in [0.5, 0.6) is 0 Å². The largest absolute Gasteiger partial charge is 0.469 e. The van der Waals surface area contributed by atoms with Gasteiger partial charge in [0.05, 0.1) is 13.5 Å². The highest BCUT2D eigenvalue weighted by atomic mass is 35.5. The van der Waals surface area contributed by atoms with Gasteiger partial charge < -0.3 is 14.9 Å². The molecule has 0 bridgehead atoms. The Kier molecular flexibility index (Phi) is 3.56. The number of nitro groups is 1. The lowest BCUT2D eigenvalue weighted by atomic mass is 10.2. The van der Waals surface area contributed by atoms with Crippen molar-refractivity contribution in [2.24, 2.45) is 0 Å². The van der Waals surface area contributed by atoms with E-state index < -0.39 is 16.7 Å². The first-order valence-electron chi connectivity index (χ1n) is 3.90. The molecule has 1 heterocycles. The molecular formula is C8H7ClN2O4. The number of carbonyl (C=O) groups is 1. The van der Waals surface area contributed by atoms with Crippen LogP contribution in [0.15, 0.2) is 12.3 Å². The van der Waals surface area contributed by atoms with Gasteiger partial charge in [-0.15, -0.1) is 0 Å². The number of carbonyl (C=O) groups excluding carboxylic acids is 1. The first-order chi connectivity index (χ1) is 7.04. The molecule has 7 heteroatoms. The highest BCUT2D eigenvalue weighted by Crippen LogP contribution is 2.22. The maximum atomic E-state index is 10.9. The Bertz CT molecular complexity index is 408. The van der Waals surface area contributed by atoms with Crippen LogP contribution < -0.4 is 0 Å². The molecule has 0 saturated carbocycles. The minimum Gasteiger partial charge on any atom is -0.469 e. The number of rotatable bonds is 3. The SMILES string of the molecule is COC(=O)Cc1cnc([N+](=O)[O-])c(Cl)c1. The minimum absolute atomic E-state index is 0.0127. The molecule has 0 amide bonds. The monoisotopic (exact) mass is 230 g/mol. The van der Waals surface area contributed by atoms with Crippen molar-refractivity contribution in [1.82, 2.24) is 4.98 Å². The van der Waals surface area contributed by atoms with Gasteiger partial charge in [0.25, 0.3) is 0 Å². The van der Waals surface area contributed by atoms with Gasteiger partial charge in [0.15, 0.2) is 0 Å². The third-order valence-electron chi connectivity index (χ3n) is 1.63. The lowest BCUT2D eigenvalue weighted by molar-refractivity contribution is -0.389. The Morgan fingerprint density at radius 1 is 1.73 bits per heavy atom. The molecule has 0 N–H and O–H groups in total. The average molecular weight is 231 g/mol. The summed E-state index contributed by atoms with van der Waals surface area (Å²) in [6.07, 6.45) is 1.21. The van der Waals surface area contributed by atoms with Crippen LogP contribution in [0, 0.1) is 10.1 Å². The van der Waals surface area contributed by atoms with E-state index in [9.17, 15) is 14.9 Å². The number of pyridine rings is 1. The van der Waals surface area contributed by atoms with Crippen molar-refractivity contribution in [3.63, 3.8) is 0 Å². The molecule has 0 radical (unpaired) electrons. The normalized spacial score (nSPS) is 9.73. The molecule has 0 aromatic carbocycles. The Morgan fingerprint density at radius 3 is 2.87 bits per heavy atom. The predicted molar refractivity (Wildman–Crippen MR) is 51.6 cm³/mol. The van der Waals surface area contributed by atoms with Crippen LogP contribution in [0.4, 0.5) is 5.82 Å². The van der Waals surface area contributed by atoms with E-state index in [1.807, 2.05) is 0 Å². The summed E-state index contributed by atoms with van der Waals surface area (Å²) in [4.78, 5) is 24.1. The number of aromatic nitrogens is 1. The molecule has 0 aliphatic heterocycles. The first-order valence-corrected chi connectivity index (χ1v) is 4.28. The molecule has 0 saturated heterocycles. The summed E-state index contributed by atoms with van der Waals surface area (Å²) in [6, 6.07) is 1.32. The number of halogens is 1. The van der Waals surface area contributed by atoms with E-state index in [-0.39, 0.29) is 11.4 Å². The molecule has 0 spiro atoms. The fourth-order valence-corrected chi connectivity index (χ4v) is 1.20. The fourth-order valence-electron chi connectivity index (χ4n) is 0.940. The summed E-state index contributed by atoms with van der Waals surface area (Å²) in [6.45, 7) is 0. The molecule has 1 aromatic rings. The molecular weight excluding hydrogens is 224 g/mol. The number of hydrogen-bond acceptors (Lipinski definition) is 5. The molecule has 0 unspecified atom stereocenters. The topological polar surface area (TPSA) is 82.3 Å². The van der Waals surface area contributed by atoms with Crippen molar-refractivity contribution < 1.29 is 14.5 Å². The molecule has 0 aliphatic carbocycles. The van der Waals surface area contributed by atoms with Crippen LogP contribution >= 0.6 is 11.6 Å². The maximum absolute atomic E-state index is 10.9. The number of hydrogen-bond donors (Lipinski definition) is 0. The van der Waals surface area contributed by atoms with Crippen molar-refractivity contribution in [2.75, 3.05) is 7.11 Å². The van der Waals surface area contributed by atoms with Crippen molar-refractivity contribution in [2.45, 2.75) is 6.42 Å². The Labute approximate surface area is 90.0 Å². The predicted octanol–water partition coefficient (Wildman–Crippen LogP) is 1.36. The molecule has 0 fully saturated rings. The van der Waals surface area contributed by atoms with Crippen LogP contribution in [0.2, 0.25) is 5.02 Å². The zero-order valence-electron chi connectivity index (χ0n) is 7.77. The summed E-state index contributed by atoms with van der Waals surface area (Å²) >= 11 is 5.59. The number of ether oxygens (including phenoxy) is 1. The maximum Gasteiger partial charge on any atom is 0.382 e. The van der Waals surface area contributed by atoms with E-state index in [1.54, 1.807) is 0 Å². The van der Waals surface area contributed by atoms with Crippen LogP contribution in [-0.4, -0.2) is 23.0 Å². The third-order valence-corrected chi connectivity index (χ3v) is 1.91. The smallest absolute Gasteiger partial charge is 0.382 e. The molecule has 15 heavy (non-hydrogen) atoms. The van der Waals surface area contributed by atoms with Crippen molar-refractivity contribution in [3.8, 4) is 0 Å². The number of esters is 1. The Balaban J connectivity index is 2.91. The lowest BCUT2D eigenvalue weighted by Crippen LogP contribution is -2.05. The Hall–Kier alpha value is -1.69. The fraction of sp³-hybridized carbons (Fsp3) is 0.250. The van der Waals surface area contributed by atoms with Crippen LogP contribution in [0.1, 0.15) is 5.56 Å². The summed E-state index contributed by atoms with van der Waals surface area (Å²) in [5, 5.41) is 10.3. The molecule has 1 aromatic heterocycles. The van der Waals surface area contributed by atoms with Gasteiger partial charge in [0.2, 0.25) is 0 Å². The van der Waals surface area contributed by atoms with E-state index in [1.165, 1.54) is 19.4 Å². The number of nitrogens with zero attached hydrogens (tertiary/aromatic N) is 2. The van der Waals surface area contributed by atoms with Crippen molar-refractivity contribution in [1.29, 1.82) is 0 Å². The summed E-state index contributed by atoms with van der Waals surface area (Å²) in [7, 11) is 1.25. The first kappa shape index (κ1) is 11.4. The van der Waals surface area contributed by atoms with Gasteiger partial charge in [-0.2, -0.15) is 0 Å². The quantitative estimate of drug-likeness (QED) is 0.445. The molecule has 1 rings (SSSR count). The molecule has 0 aliphatic rings. The second kappa shape index (κ2) is 4.70. The van der Waals surface area contributed by atoms with Gasteiger partial charge in [-0.1, -0.05) is 11.6 Å². The minimum atomic E-state index is -0.690. The summed E-state index contributed by atoms with van der Waals surface area (Å²) in [5.41, 5.74) is 0.470. The van der Waals surface area contributed by atoms with E-state index in [0.29, 0.717) is 5.56 Å². The van der Waals surface area contributed by atoms with Crippen molar-refractivity contribution >= 4 is 23.4 Å². The van der Waals surface area contributed by atoms with E-state index in [0.717, 1.165) is 0 Å². The third kappa shape index (κ3) is 2.88. The molecule has 6 nitrogen and oxygen atoms in total. The second-order valence-corrected chi connectivity index (χ2v) is 3.07. The zero-order chi connectivity index (χ0) is 11.4. The number of methoxy groups -OCH3 is 1. The van der Waals surface area contributed by atoms with Gasteiger partial charge in [0, 0.05) is 5.56 Å². The van der Waals surface area contributed by atoms with E-state index in [2.05, 4.69) is 9.72 Å². The molecule has 80 valence electrons.